The van der Waals surface area contributed by atoms with Gasteiger partial charge in [0, 0.05) is 43.9 Å². The molecule has 0 saturated carbocycles. The number of hydrogen-bond acceptors (Lipinski definition) is 3. The molecule has 1 fully saturated rings. The van der Waals surface area contributed by atoms with E-state index in [9.17, 15) is 4.79 Å². The highest BCUT2D eigenvalue weighted by atomic mass is 16.2. The maximum Gasteiger partial charge on any atom is 0.223 e. The van der Waals surface area contributed by atoms with E-state index in [2.05, 4.69) is 50.1 Å². The maximum atomic E-state index is 12.5. The molecule has 3 rings (SSSR count). The van der Waals surface area contributed by atoms with Crippen LogP contribution in [0.2, 0.25) is 0 Å². The summed E-state index contributed by atoms with van der Waals surface area (Å²) in [7, 11) is 1.92. The van der Waals surface area contributed by atoms with Crippen molar-refractivity contribution < 1.29 is 4.79 Å². The highest BCUT2D eigenvalue weighted by Crippen LogP contribution is 2.33. The number of piperidine rings is 1. The van der Waals surface area contributed by atoms with E-state index < -0.39 is 0 Å². The van der Waals surface area contributed by atoms with E-state index in [1.165, 1.54) is 0 Å². The first-order valence-electron chi connectivity index (χ1n) is 9.33. The fourth-order valence-electron chi connectivity index (χ4n) is 3.59. The van der Waals surface area contributed by atoms with Crippen LogP contribution in [0.1, 0.15) is 45.6 Å². The Hall–Kier alpha value is -2.14. The first-order chi connectivity index (χ1) is 12.2. The Morgan fingerprint density at radius 3 is 2.50 bits per heavy atom. The Kier molecular flexibility index (Phi) is 4.93. The monoisotopic (exact) mass is 354 g/mol. The van der Waals surface area contributed by atoms with Crippen molar-refractivity contribution >= 4 is 5.91 Å². The van der Waals surface area contributed by atoms with Crippen molar-refractivity contribution in [3.63, 3.8) is 0 Å². The number of likely N-dealkylation sites (tertiary alicyclic amines) is 1. The van der Waals surface area contributed by atoms with Gasteiger partial charge in [0.25, 0.3) is 0 Å². The molecule has 2 aromatic rings. The summed E-state index contributed by atoms with van der Waals surface area (Å²) in [6.45, 7) is 7.76. The van der Waals surface area contributed by atoms with E-state index in [0.717, 1.165) is 42.6 Å². The van der Waals surface area contributed by atoms with Crippen molar-refractivity contribution in [2.24, 2.45) is 18.2 Å². The van der Waals surface area contributed by atoms with Crippen LogP contribution in [0.15, 0.2) is 36.7 Å². The molecule has 0 radical (unpaired) electrons. The molecule has 0 atom stereocenters. The summed E-state index contributed by atoms with van der Waals surface area (Å²) in [6, 6.07) is 8.42. The molecule has 1 amide bonds. The SMILES string of the molecule is Cn1cc(-c2cccc(C3(N)CCN(C(=O)CC(C)(C)C)CC3)c2)cn1. The number of aryl methyl sites for hydroxylation is 1. The Morgan fingerprint density at radius 2 is 1.92 bits per heavy atom. The number of rotatable bonds is 3. The van der Waals surface area contributed by atoms with E-state index in [0.29, 0.717) is 6.42 Å². The van der Waals surface area contributed by atoms with Crippen LogP contribution < -0.4 is 5.73 Å². The molecular weight excluding hydrogens is 324 g/mol. The summed E-state index contributed by atoms with van der Waals surface area (Å²) in [5.74, 6) is 0.240. The van der Waals surface area contributed by atoms with Gasteiger partial charge in [-0.2, -0.15) is 5.10 Å². The van der Waals surface area contributed by atoms with Gasteiger partial charge in [0.05, 0.1) is 6.20 Å². The minimum Gasteiger partial charge on any atom is -0.343 e. The second-order valence-electron chi connectivity index (χ2n) is 8.76. The van der Waals surface area contributed by atoms with Gasteiger partial charge >= 0.3 is 0 Å². The van der Waals surface area contributed by atoms with Gasteiger partial charge in [0.1, 0.15) is 0 Å². The van der Waals surface area contributed by atoms with Gasteiger partial charge in [-0.05, 0) is 35.4 Å². The lowest BCUT2D eigenvalue weighted by molar-refractivity contribution is -0.134. The molecule has 2 N–H and O–H groups in total. The van der Waals surface area contributed by atoms with Crippen LogP contribution in [0.3, 0.4) is 0 Å². The second kappa shape index (κ2) is 6.88. The summed E-state index contributed by atoms with van der Waals surface area (Å²) >= 11 is 0. The van der Waals surface area contributed by atoms with E-state index in [1.807, 2.05) is 24.3 Å². The fourth-order valence-corrected chi connectivity index (χ4v) is 3.59. The van der Waals surface area contributed by atoms with Gasteiger partial charge in [-0.25, -0.2) is 0 Å². The van der Waals surface area contributed by atoms with Gasteiger partial charge in [0.15, 0.2) is 0 Å². The zero-order valence-electron chi connectivity index (χ0n) is 16.3. The molecule has 26 heavy (non-hydrogen) atoms. The number of benzene rings is 1. The van der Waals surface area contributed by atoms with Crippen molar-refractivity contribution in [1.29, 1.82) is 0 Å². The number of nitrogens with two attached hydrogens (primary N) is 1. The zero-order chi connectivity index (χ0) is 18.9. The van der Waals surface area contributed by atoms with Crippen molar-refractivity contribution in [2.75, 3.05) is 13.1 Å². The van der Waals surface area contributed by atoms with Gasteiger partial charge in [-0.1, -0.05) is 39.0 Å². The number of aromatic nitrogens is 2. The Bertz CT molecular complexity index is 779. The molecule has 0 spiro atoms. The van der Waals surface area contributed by atoms with Crippen LogP contribution in [0, 0.1) is 5.41 Å². The number of amides is 1. The molecular formula is C21H30N4O. The molecule has 1 aromatic carbocycles. The quantitative estimate of drug-likeness (QED) is 0.920. The largest absolute Gasteiger partial charge is 0.343 e. The lowest BCUT2D eigenvalue weighted by Gasteiger charge is -2.40. The van der Waals surface area contributed by atoms with Crippen LogP contribution >= 0.6 is 0 Å². The van der Waals surface area contributed by atoms with Crippen LogP contribution in [-0.4, -0.2) is 33.7 Å². The minimum absolute atomic E-state index is 0.0202. The second-order valence-corrected chi connectivity index (χ2v) is 8.76. The Morgan fingerprint density at radius 1 is 1.23 bits per heavy atom. The number of nitrogens with zero attached hydrogens (tertiary/aromatic N) is 3. The Labute approximate surface area is 156 Å². The van der Waals surface area contributed by atoms with Gasteiger partial charge in [-0.15, -0.1) is 0 Å². The van der Waals surface area contributed by atoms with Crippen LogP contribution in [0.25, 0.3) is 11.1 Å². The van der Waals surface area contributed by atoms with Crippen LogP contribution in [-0.2, 0) is 17.4 Å². The topological polar surface area (TPSA) is 64.2 Å². The molecule has 0 bridgehead atoms. The molecule has 140 valence electrons. The molecule has 0 unspecified atom stereocenters. The van der Waals surface area contributed by atoms with Crippen molar-refractivity contribution in [2.45, 2.75) is 45.6 Å². The molecule has 0 aliphatic carbocycles. The average Bonchev–Trinajstić information content (AvgIpc) is 3.00. The molecule has 5 nitrogen and oxygen atoms in total. The zero-order valence-corrected chi connectivity index (χ0v) is 16.3. The molecule has 1 aliphatic rings. The third-order valence-electron chi connectivity index (χ3n) is 5.17. The lowest BCUT2D eigenvalue weighted by atomic mass is 9.80. The highest BCUT2D eigenvalue weighted by Gasteiger charge is 2.34. The summed E-state index contributed by atoms with van der Waals surface area (Å²) in [4.78, 5) is 14.5. The summed E-state index contributed by atoms with van der Waals surface area (Å²) in [6.07, 6.45) is 6.05. The third kappa shape index (κ3) is 4.15. The van der Waals surface area contributed by atoms with Gasteiger partial charge in [0.2, 0.25) is 5.91 Å². The van der Waals surface area contributed by atoms with Crippen molar-refractivity contribution in [3.8, 4) is 11.1 Å². The van der Waals surface area contributed by atoms with Crippen molar-refractivity contribution in [3.05, 3.63) is 42.2 Å². The molecule has 1 aliphatic heterocycles. The standard InChI is InChI=1S/C21H30N4O/c1-20(2,3)13-19(26)25-10-8-21(22,9-11-25)18-7-5-6-16(12-18)17-14-23-24(4)15-17/h5-7,12,14-15H,8-11,13,22H2,1-4H3. The summed E-state index contributed by atoms with van der Waals surface area (Å²) in [5.41, 5.74) is 9.77. The maximum absolute atomic E-state index is 12.5. The average molecular weight is 354 g/mol. The highest BCUT2D eigenvalue weighted by molar-refractivity contribution is 5.77. The molecule has 1 aromatic heterocycles. The predicted octanol–water partition coefficient (Wildman–Crippen LogP) is 3.30. The normalized spacial score (nSPS) is 17.3. The van der Waals surface area contributed by atoms with Crippen molar-refractivity contribution in [1.82, 2.24) is 14.7 Å². The number of carbonyl (C=O) groups is 1. The lowest BCUT2D eigenvalue weighted by Crippen LogP contribution is -2.50. The third-order valence-corrected chi connectivity index (χ3v) is 5.17. The minimum atomic E-state index is -0.378. The van der Waals surface area contributed by atoms with E-state index >= 15 is 0 Å². The first kappa shape index (κ1) is 18.6. The number of carbonyl (C=O) groups excluding carboxylic acids is 1. The Balaban J connectivity index is 1.72. The van der Waals surface area contributed by atoms with E-state index in [4.69, 9.17) is 5.73 Å². The summed E-state index contributed by atoms with van der Waals surface area (Å²) < 4.78 is 1.81. The van der Waals surface area contributed by atoms with E-state index in [-0.39, 0.29) is 16.9 Å². The fraction of sp³-hybridized carbons (Fsp3) is 0.524. The number of hydrogen-bond donors (Lipinski definition) is 1. The van der Waals surface area contributed by atoms with Crippen LogP contribution in [0.5, 0.6) is 0 Å². The molecule has 1 saturated heterocycles. The van der Waals surface area contributed by atoms with Gasteiger partial charge < -0.3 is 10.6 Å². The molecule has 5 heteroatoms. The van der Waals surface area contributed by atoms with E-state index in [1.54, 1.807) is 4.68 Å². The smallest absolute Gasteiger partial charge is 0.223 e. The van der Waals surface area contributed by atoms with Gasteiger partial charge in [-0.3, -0.25) is 9.48 Å². The molecule has 2 heterocycles. The summed E-state index contributed by atoms with van der Waals surface area (Å²) in [5, 5.41) is 4.25. The van der Waals surface area contributed by atoms with Crippen LogP contribution in [0.4, 0.5) is 0 Å². The predicted molar refractivity (Wildman–Crippen MR) is 104 cm³/mol. The first-order valence-corrected chi connectivity index (χ1v) is 9.33.